The number of benzene rings is 2. The molecule has 148 valence electrons. The van der Waals surface area contributed by atoms with Crippen LogP contribution in [0.3, 0.4) is 0 Å². The normalized spacial score (nSPS) is 11.1. The predicted molar refractivity (Wildman–Crippen MR) is 119 cm³/mol. The summed E-state index contributed by atoms with van der Waals surface area (Å²) in [6, 6.07) is 18.9. The maximum Gasteiger partial charge on any atom is 0.265 e. The third kappa shape index (κ3) is 4.12. The van der Waals surface area contributed by atoms with E-state index in [1.54, 1.807) is 36.0 Å². The number of fused-ring (bicyclic) bond motifs is 1. The molecule has 0 bridgehead atoms. The maximum absolute atomic E-state index is 12.5. The number of rotatable bonds is 5. The molecule has 0 atom stereocenters. The lowest BCUT2D eigenvalue weighted by atomic mass is 10.1. The van der Waals surface area contributed by atoms with Crippen molar-refractivity contribution in [2.45, 2.75) is 0 Å². The van der Waals surface area contributed by atoms with E-state index in [1.807, 2.05) is 54.7 Å². The number of amides is 2. The Balaban J connectivity index is 1.45. The van der Waals surface area contributed by atoms with E-state index in [-0.39, 0.29) is 5.91 Å². The second kappa shape index (κ2) is 8.05. The van der Waals surface area contributed by atoms with Gasteiger partial charge in [0.15, 0.2) is 0 Å². The summed E-state index contributed by atoms with van der Waals surface area (Å²) in [6.07, 6.45) is 7.45. The molecule has 6 heteroatoms. The Labute approximate surface area is 173 Å². The summed E-state index contributed by atoms with van der Waals surface area (Å²) in [6.45, 7) is 0. The zero-order valence-electron chi connectivity index (χ0n) is 16.4. The molecule has 2 amide bonds. The van der Waals surface area contributed by atoms with Crippen LogP contribution in [0.4, 0.5) is 5.69 Å². The first-order valence-electron chi connectivity index (χ1n) is 9.40. The number of hydrogen-bond acceptors (Lipinski definition) is 3. The molecule has 3 N–H and O–H groups in total. The molecule has 2 aromatic carbocycles. The minimum atomic E-state index is -0.546. The molecule has 0 saturated carbocycles. The van der Waals surface area contributed by atoms with E-state index < -0.39 is 5.91 Å². The molecule has 0 aliphatic carbocycles. The number of aromatic nitrogens is 2. The molecule has 0 aliphatic heterocycles. The number of nitrogens with two attached hydrogens (primary N) is 1. The number of carbonyl (C=O) groups is 2. The molecule has 4 rings (SSSR count). The van der Waals surface area contributed by atoms with Crippen LogP contribution >= 0.6 is 0 Å². The van der Waals surface area contributed by atoms with Crippen molar-refractivity contribution >= 4 is 40.6 Å². The van der Waals surface area contributed by atoms with Gasteiger partial charge in [0, 0.05) is 30.4 Å². The molecule has 0 unspecified atom stereocenters. The van der Waals surface area contributed by atoms with Crippen LogP contribution in [0.25, 0.3) is 23.1 Å². The van der Waals surface area contributed by atoms with Gasteiger partial charge in [0.25, 0.3) is 11.8 Å². The highest BCUT2D eigenvalue weighted by atomic mass is 16.2. The monoisotopic (exact) mass is 396 g/mol. The van der Waals surface area contributed by atoms with Gasteiger partial charge in [-0.25, -0.2) is 0 Å². The lowest BCUT2D eigenvalue weighted by Crippen LogP contribution is -2.14. The number of nitrogens with zero attached hydrogens (tertiary/aromatic N) is 2. The van der Waals surface area contributed by atoms with E-state index >= 15 is 0 Å². The van der Waals surface area contributed by atoms with Crippen molar-refractivity contribution in [2.75, 3.05) is 5.32 Å². The van der Waals surface area contributed by atoms with E-state index in [0.29, 0.717) is 16.9 Å². The van der Waals surface area contributed by atoms with Gasteiger partial charge in [-0.15, -0.1) is 0 Å². The van der Waals surface area contributed by atoms with Gasteiger partial charge in [-0.3, -0.25) is 14.6 Å². The summed E-state index contributed by atoms with van der Waals surface area (Å²) in [5.41, 5.74) is 9.60. The van der Waals surface area contributed by atoms with Gasteiger partial charge < -0.3 is 15.6 Å². The molecule has 2 heterocycles. The van der Waals surface area contributed by atoms with Crippen molar-refractivity contribution in [3.63, 3.8) is 0 Å². The topological polar surface area (TPSA) is 90.0 Å². The third-order valence-electron chi connectivity index (χ3n) is 4.77. The van der Waals surface area contributed by atoms with Crippen molar-refractivity contribution in [3.8, 4) is 0 Å². The van der Waals surface area contributed by atoms with Gasteiger partial charge in [-0.2, -0.15) is 0 Å². The minimum Gasteiger partial charge on any atom is -0.364 e. The van der Waals surface area contributed by atoms with Crippen LogP contribution in [-0.4, -0.2) is 21.4 Å². The lowest BCUT2D eigenvalue weighted by Gasteiger charge is -2.03. The highest BCUT2D eigenvalue weighted by molar-refractivity contribution is 6.05. The summed E-state index contributed by atoms with van der Waals surface area (Å²) in [7, 11) is 1.70. The average molecular weight is 396 g/mol. The first-order valence-corrected chi connectivity index (χ1v) is 9.40. The Bertz CT molecular complexity index is 1270. The van der Waals surface area contributed by atoms with Crippen LogP contribution < -0.4 is 11.1 Å². The molecular formula is C24H20N4O2. The van der Waals surface area contributed by atoms with Crippen molar-refractivity contribution in [2.24, 2.45) is 12.8 Å². The van der Waals surface area contributed by atoms with Gasteiger partial charge >= 0.3 is 0 Å². The fourth-order valence-corrected chi connectivity index (χ4v) is 3.20. The van der Waals surface area contributed by atoms with Crippen LogP contribution in [0, 0.1) is 0 Å². The van der Waals surface area contributed by atoms with Gasteiger partial charge in [0.05, 0.1) is 11.2 Å². The van der Waals surface area contributed by atoms with Crippen LogP contribution in [0.1, 0.15) is 32.0 Å². The molecule has 30 heavy (non-hydrogen) atoms. The second-order valence-electron chi connectivity index (χ2n) is 6.96. The van der Waals surface area contributed by atoms with Crippen molar-refractivity contribution in [1.82, 2.24) is 9.55 Å². The molecule has 2 aromatic heterocycles. The third-order valence-corrected chi connectivity index (χ3v) is 4.77. The standard InChI is InChI=1S/C24H20N4O2/c1-28-15-20(13-22(28)23(25)29)27-24(30)18-10-8-16(9-11-18)6-7-17-12-19-4-2-3-5-21(19)26-14-17/h2-15H,1H3,(H2,25,29)(H,27,30)/b7-6+. The van der Waals surface area contributed by atoms with Crippen LogP contribution in [-0.2, 0) is 7.05 Å². The fraction of sp³-hybridized carbons (Fsp3) is 0.0417. The largest absolute Gasteiger partial charge is 0.364 e. The van der Waals surface area contributed by atoms with Gasteiger partial charge in [0.1, 0.15) is 5.69 Å². The number of anilines is 1. The van der Waals surface area contributed by atoms with E-state index in [2.05, 4.69) is 16.4 Å². The smallest absolute Gasteiger partial charge is 0.265 e. The first-order chi connectivity index (χ1) is 14.5. The fourth-order valence-electron chi connectivity index (χ4n) is 3.20. The molecule has 0 saturated heterocycles. The molecule has 6 nitrogen and oxygen atoms in total. The molecule has 0 aliphatic rings. The van der Waals surface area contributed by atoms with Crippen LogP contribution in [0.15, 0.2) is 73.1 Å². The Hall–Kier alpha value is -4.19. The molecule has 4 aromatic rings. The summed E-state index contributed by atoms with van der Waals surface area (Å²) in [5, 5.41) is 3.86. The zero-order valence-corrected chi connectivity index (χ0v) is 16.4. The number of carbonyl (C=O) groups excluding carboxylic acids is 2. The van der Waals surface area contributed by atoms with Crippen molar-refractivity contribution in [3.05, 3.63) is 95.4 Å². The van der Waals surface area contributed by atoms with Crippen molar-refractivity contribution < 1.29 is 9.59 Å². The molecule has 0 fully saturated rings. The summed E-state index contributed by atoms with van der Waals surface area (Å²) in [5.74, 6) is -0.804. The van der Waals surface area contributed by atoms with E-state index in [4.69, 9.17) is 5.73 Å². The summed E-state index contributed by atoms with van der Waals surface area (Å²) in [4.78, 5) is 28.2. The second-order valence-corrected chi connectivity index (χ2v) is 6.96. The van der Waals surface area contributed by atoms with Crippen LogP contribution in [0.2, 0.25) is 0 Å². The molecule has 0 radical (unpaired) electrons. The number of hydrogen-bond donors (Lipinski definition) is 2. The lowest BCUT2D eigenvalue weighted by molar-refractivity contribution is 0.0990. The van der Waals surface area contributed by atoms with E-state index in [0.717, 1.165) is 22.0 Å². The minimum absolute atomic E-state index is 0.258. The quantitative estimate of drug-likeness (QED) is 0.532. The number of para-hydroxylation sites is 1. The number of pyridine rings is 1. The predicted octanol–water partition coefficient (Wildman–Crippen LogP) is 4.09. The van der Waals surface area contributed by atoms with Crippen molar-refractivity contribution in [1.29, 1.82) is 0 Å². The Morgan fingerprint density at radius 3 is 2.47 bits per heavy atom. The highest BCUT2D eigenvalue weighted by Crippen LogP contribution is 2.17. The average Bonchev–Trinajstić information content (AvgIpc) is 3.12. The van der Waals surface area contributed by atoms with Gasteiger partial charge in [-0.05, 0) is 41.5 Å². The first kappa shape index (κ1) is 19.1. The molecular weight excluding hydrogens is 376 g/mol. The number of aryl methyl sites for hydroxylation is 1. The number of nitrogens with one attached hydrogen (secondary N) is 1. The summed E-state index contributed by atoms with van der Waals surface area (Å²) < 4.78 is 1.58. The SMILES string of the molecule is Cn1cc(NC(=O)c2ccc(/C=C/c3cnc4ccccc4c3)cc2)cc1C(N)=O. The van der Waals surface area contributed by atoms with Gasteiger partial charge in [0.2, 0.25) is 0 Å². The summed E-state index contributed by atoms with van der Waals surface area (Å²) >= 11 is 0. The van der Waals surface area contributed by atoms with E-state index in [9.17, 15) is 9.59 Å². The molecule has 0 spiro atoms. The maximum atomic E-state index is 12.5. The highest BCUT2D eigenvalue weighted by Gasteiger charge is 2.11. The van der Waals surface area contributed by atoms with Crippen LogP contribution in [0.5, 0.6) is 0 Å². The Kier molecular flexibility index (Phi) is 5.13. The van der Waals surface area contributed by atoms with E-state index in [1.165, 1.54) is 0 Å². The Morgan fingerprint density at radius 1 is 1.00 bits per heavy atom. The zero-order chi connectivity index (χ0) is 21.1. The number of primary amides is 1. The Morgan fingerprint density at radius 2 is 1.73 bits per heavy atom. The van der Waals surface area contributed by atoms with Gasteiger partial charge in [-0.1, -0.05) is 42.5 Å².